The molecule has 0 saturated carbocycles. The predicted octanol–water partition coefficient (Wildman–Crippen LogP) is 5.14. The van der Waals surface area contributed by atoms with Crippen molar-refractivity contribution >= 4 is 55.4 Å². The van der Waals surface area contributed by atoms with Gasteiger partial charge in [-0.3, -0.25) is 5.32 Å². The maximum Gasteiger partial charge on any atom is 0.302 e. The first kappa shape index (κ1) is 12.6. The Kier molecular flexibility index (Phi) is 2.83. The number of oxazole rings is 1. The summed E-state index contributed by atoms with van der Waals surface area (Å²) >= 11 is 7.65. The first-order chi connectivity index (χ1) is 10.2. The van der Waals surface area contributed by atoms with Crippen molar-refractivity contribution < 1.29 is 4.42 Å². The first-order valence-corrected chi connectivity index (χ1v) is 7.58. The normalized spacial score (nSPS) is 11.3. The van der Waals surface area contributed by atoms with Crippen LogP contribution in [0.25, 0.3) is 21.3 Å². The molecule has 1 N–H and O–H groups in total. The number of hydrogen-bond donors (Lipinski definition) is 1. The van der Waals surface area contributed by atoms with Crippen molar-refractivity contribution in [3.8, 4) is 0 Å². The van der Waals surface area contributed by atoms with Crippen molar-refractivity contribution in [2.45, 2.75) is 6.92 Å². The van der Waals surface area contributed by atoms with E-state index in [1.54, 1.807) is 0 Å². The van der Waals surface area contributed by atoms with Crippen LogP contribution in [0.5, 0.6) is 0 Å². The van der Waals surface area contributed by atoms with Gasteiger partial charge in [-0.2, -0.15) is 4.98 Å². The van der Waals surface area contributed by atoms with E-state index in [4.69, 9.17) is 16.0 Å². The number of anilines is 2. The summed E-state index contributed by atoms with van der Waals surface area (Å²) in [4.78, 5) is 8.89. The zero-order valence-corrected chi connectivity index (χ0v) is 12.6. The summed E-state index contributed by atoms with van der Waals surface area (Å²) in [6, 6.07) is 12.0. The summed E-state index contributed by atoms with van der Waals surface area (Å²) in [7, 11) is 0. The fourth-order valence-electron chi connectivity index (χ4n) is 2.20. The molecular weight excluding hydrogens is 306 g/mol. The Labute approximate surface area is 129 Å². The Morgan fingerprint density at radius 2 is 2.00 bits per heavy atom. The number of benzene rings is 2. The van der Waals surface area contributed by atoms with E-state index < -0.39 is 0 Å². The lowest BCUT2D eigenvalue weighted by Gasteiger charge is -1.93. The van der Waals surface area contributed by atoms with E-state index in [0.717, 1.165) is 26.9 Å². The molecule has 2 heterocycles. The molecule has 6 heteroatoms. The van der Waals surface area contributed by atoms with Crippen molar-refractivity contribution in [1.82, 2.24) is 9.97 Å². The SMILES string of the molecule is Cc1cccc2nc(Nc3nc4c(Cl)cccc4s3)oc12. The number of nitrogens with zero attached hydrogens (tertiary/aromatic N) is 2. The highest BCUT2D eigenvalue weighted by molar-refractivity contribution is 7.22. The van der Waals surface area contributed by atoms with Crippen LogP contribution in [0.15, 0.2) is 40.8 Å². The largest absolute Gasteiger partial charge is 0.423 e. The Bertz CT molecular complexity index is 882. The van der Waals surface area contributed by atoms with Crippen LogP contribution in [-0.2, 0) is 0 Å². The van der Waals surface area contributed by atoms with Gasteiger partial charge in [-0.15, -0.1) is 0 Å². The smallest absolute Gasteiger partial charge is 0.302 e. The van der Waals surface area contributed by atoms with Gasteiger partial charge in [-0.05, 0) is 30.7 Å². The minimum atomic E-state index is 0.439. The van der Waals surface area contributed by atoms with Gasteiger partial charge < -0.3 is 4.42 Å². The quantitative estimate of drug-likeness (QED) is 0.556. The molecule has 0 saturated heterocycles. The summed E-state index contributed by atoms with van der Waals surface area (Å²) < 4.78 is 6.77. The molecule has 0 aliphatic carbocycles. The summed E-state index contributed by atoms with van der Waals surface area (Å²) in [5.74, 6) is 0. The fraction of sp³-hybridized carbons (Fsp3) is 0.0667. The van der Waals surface area contributed by atoms with Crippen LogP contribution in [0.4, 0.5) is 11.1 Å². The highest BCUT2D eigenvalue weighted by Crippen LogP contribution is 2.32. The molecule has 0 aliphatic heterocycles. The van der Waals surface area contributed by atoms with E-state index >= 15 is 0 Å². The molecule has 0 bridgehead atoms. The number of rotatable bonds is 2. The van der Waals surface area contributed by atoms with Crippen molar-refractivity contribution in [3.05, 3.63) is 47.0 Å². The lowest BCUT2D eigenvalue weighted by Crippen LogP contribution is -1.88. The van der Waals surface area contributed by atoms with E-state index in [2.05, 4.69) is 15.3 Å². The number of thiazole rings is 1. The van der Waals surface area contributed by atoms with Crippen LogP contribution in [0.2, 0.25) is 5.02 Å². The Hall–Kier alpha value is -2.11. The summed E-state index contributed by atoms with van der Waals surface area (Å²) in [5.41, 5.74) is 3.47. The maximum atomic E-state index is 6.14. The fourth-order valence-corrected chi connectivity index (χ4v) is 3.36. The first-order valence-electron chi connectivity index (χ1n) is 6.39. The summed E-state index contributed by atoms with van der Waals surface area (Å²) in [6.45, 7) is 1.99. The molecule has 4 aromatic rings. The average molecular weight is 316 g/mol. The molecule has 0 atom stereocenters. The third kappa shape index (κ3) is 2.14. The van der Waals surface area contributed by atoms with E-state index in [9.17, 15) is 0 Å². The molecule has 104 valence electrons. The van der Waals surface area contributed by atoms with Crippen LogP contribution in [0.1, 0.15) is 5.56 Å². The molecule has 0 unspecified atom stereocenters. The summed E-state index contributed by atoms with van der Waals surface area (Å²) in [5, 5.41) is 4.46. The number of halogens is 1. The topological polar surface area (TPSA) is 51.0 Å². The second kappa shape index (κ2) is 4.72. The molecule has 0 aliphatic rings. The zero-order valence-electron chi connectivity index (χ0n) is 11.1. The second-order valence-electron chi connectivity index (χ2n) is 4.67. The van der Waals surface area contributed by atoms with Crippen LogP contribution in [0.3, 0.4) is 0 Å². The molecule has 2 aromatic heterocycles. The molecule has 21 heavy (non-hydrogen) atoms. The average Bonchev–Trinajstić information content (AvgIpc) is 3.04. The minimum Gasteiger partial charge on any atom is -0.423 e. The van der Waals surface area contributed by atoms with Crippen LogP contribution >= 0.6 is 22.9 Å². The number of nitrogens with one attached hydrogen (secondary N) is 1. The van der Waals surface area contributed by atoms with E-state index in [0.29, 0.717) is 16.2 Å². The van der Waals surface area contributed by atoms with Gasteiger partial charge in [0.15, 0.2) is 10.7 Å². The third-order valence-electron chi connectivity index (χ3n) is 3.20. The number of aromatic nitrogens is 2. The third-order valence-corrected chi connectivity index (χ3v) is 4.44. The summed E-state index contributed by atoms with van der Waals surface area (Å²) in [6.07, 6.45) is 0. The van der Waals surface area contributed by atoms with Crippen molar-refractivity contribution in [3.63, 3.8) is 0 Å². The van der Waals surface area contributed by atoms with Gasteiger partial charge in [0.1, 0.15) is 11.0 Å². The van der Waals surface area contributed by atoms with Crippen molar-refractivity contribution in [1.29, 1.82) is 0 Å². The van der Waals surface area contributed by atoms with Gasteiger partial charge in [0, 0.05) is 0 Å². The predicted molar refractivity (Wildman–Crippen MR) is 86.7 cm³/mol. The van der Waals surface area contributed by atoms with Gasteiger partial charge in [-0.25, -0.2) is 4.98 Å². The van der Waals surface area contributed by atoms with Gasteiger partial charge in [0.2, 0.25) is 0 Å². The molecule has 0 radical (unpaired) electrons. The molecular formula is C15H10ClN3OS. The second-order valence-corrected chi connectivity index (χ2v) is 6.11. The van der Waals surface area contributed by atoms with Gasteiger partial charge >= 0.3 is 6.01 Å². The highest BCUT2D eigenvalue weighted by Gasteiger charge is 2.11. The van der Waals surface area contributed by atoms with Crippen LogP contribution in [-0.4, -0.2) is 9.97 Å². The van der Waals surface area contributed by atoms with Gasteiger partial charge in [-0.1, -0.05) is 41.1 Å². The maximum absolute atomic E-state index is 6.14. The molecule has 0 spiro atoms. The minimum absolute atomic E-state index is 0.439. The monoisotopic (exact) mass is 315 g/mol. The molecule has 0 amide bonds. The van der Waals surface area contributed by atoms with Gasteiger partial charge in [0.25, 0.3) is 0 Å². The molecule has 2 aromatic carbocycles. The number of hydrogen-bond acceptors (Lipinski definition) is 5. The zero-order chi connectivity index (χ0) is 14.4. The Balaban J connectivity index is 1.75. The highest BCUT2D eigenvalue weighted by atomic mass is 35.5. The Morgan fingerprint density at radius 3 is 2.81 bits per heavy atom. The standard InChI is InChI=1S/C15H10ClN3OS/c1-8-4-2-6-10-13(8)20-14(17-10)19-15-18-12-9(16)5-3-7-11(12)21-15/h2-7H,1H3,(H,17,18,19). The van der Waals surface area contributed by atoms with Crippen molar-refractivity contribution in [2.75, 3.05) is 5.32 Å². The number of para-hydroxylation sites is 2. The van der Waals surface area contributed by atoms with Gasteiger partial charge in [0.05, 0.1) is 9.72 Å². The number of fused-ring (bicyclic) bond motifs is 2. The lowest BCUT2D eigenvalue weighted by molar-refractivity contribution is 0.620. The molecule has 0 fully saturated rings. The lowest BCUT2D eigenvalue weighted by atomic mass is 10.2. The van der Waals surface area contributed by atoms with E-state index in [1.165, 1.54) is 11.3 Å². The van der Waals surface area contributed by atoms with E-state index in [-0.39, 0.29) is 0 Å². The van der Waals surface area contributed by atoms with Crippen LogP contribution < -0.4 is 5.32 Å². The van der Waals surface area contributed by atoms with Crippen molar-refractivity contribution in [2.24, 2.45) is 0 Å². The number of aryl methyl sites for hydroxylation is 1. The van der Waals surface area contributed by atoms with E-state index in [1.807, 2.05) is 43.3 Å². The van der Waals surface area contributed by atoms with Crippen LogP contribution in [0, 0.1) is 6.92 Å². The Morgan fingerprint density at radius 1 is 1.14 bits per heavy atom. The molecule has 4 rings (SSSR count). The molecule has 4 nitrogen and oxygen atoms in total.